The molecule has 1 N–H and O–H groups in total. The fraction of sp³-hybridized carbons (Fsp3) is 0.700. The summed E-state index contributed by atoms with van der Waals surface area (Å²) < 4.78 is 0. The highest BCUT2D eigenvalue weighted by Crippen LogP contribution is 2.05. The lowest BCUT2D eigenvalue weighted by atomic mass is 10.1. The van der Waals surface area contributed by atoms with Crippen molar-refractivity contribution in [2.24, 2.45) is 5.92 Å². The van der Waals surface area contributed by atoms with E-state index < -0.39 is 5.92 Å². The molecule has 0 saturated heterocycles. The van der Waals surface area contributed by atoms with Crippen molar-refractivity contribution in [3.05, 3.63) is 0 Å². The minimum atomic E-state index is -0.598. The minimum Gasteiger partial charge on any atom is -0.359 e. The van der Waals surface area contributed by atoms with Crippen molar-refractivity contribution in [3.8, 4) is 6.07 Å². The second-order valence-electron chi connectivity index (χ2n) is 3.27. The number of carbonyl (C=O) groups is 2. The van der Waals surface area contributed by atoms with Gasteiger partial charge in [0.2, 0.25) is 11.8 Å². The van der Waals surface area contributed by atoms with Crippen molar-refractivity contribution in [3.63, 3.8) is 0 Å². The molecule has 0 aromatic rings. The van der Waals surface area contributed by atoms with Gasteiger partial charge < -0.3 is 10.2 Å². The van der Waals surface area contributed by atoms with Gasteiger partial charge in [-0.25, -0.2) is 0 Å². The molecule has 1 unspecified atom stereocenters. The molecule has 0 spiro atoms. The van der Waals surface area contributed by atoms with Crippen LogP contribution < -0.4 is 5.32 Å². The van der Waals surface area contributed by atoms with Gasteiger partial charge in [0.1, 0.15) is 5.92 Å². The third kappa shape index (κ3) is 4.45. The standard InChI is InChI=1S/C10H17N3O2/c1-4-8(7-11)10(15)13(3)6-5-9(14)12-2/h8H,4-6H2,1-3H3,(H,12,14). The first kappa shape index (κ1) is 13.4. The number of rotatable bonds is 5. The molecule has 5 nitrogen and oxygen atoms in total. The van der Waals surface area contributed by atoms with Crippen molar-refractivity contribution in [1.29, 1.82) is 5.26 Å². The fourth-order valence-corrected chi connectivity index (χ4v) is 1.09. The van der Waals surface area contributed by atoms with E-state index in [0.29, 0.717) is 13.0 Å². The monoisotopic (exact) mass is 211 g/mol. The van der Waals surface area contributed by atoms with Crippen LogP contribution in [-0.2, 0) is 9.59 Å². The topological polar surface area (TPSA) is 73.2 Å². The van der Waals surface area contributed by atoms with E-state index >= 15 is 0 Å². The number of hydrogen-bond donors (Lipinski definition) is 1. The summed E-state index contributed by atoms with van der Waals surface area (Å²) in [5.41, 5.74) is 0. The van der Waals surface area contributed by atoms with Crippen LogP contribution in [0.15, 0.2) is 0 Å². The summed E-state index contributed by atoms with van der Waals surface area (Å²) in [6.45, 7) is 2.13. The van der Waals surface area contributed by atoms with Gasteiger partial charge in [0.15, 0.2) is 0 Å². The van der Waals surface area contributed by atoms with Crippen molar-refractivity contribution in [2.75, 3.05) is 20.6 Å². The second kappa shape index (κ2) is 6.82. The summed E-state index contributed by atoms with van der Waals surface area (Å²) in [7, 11) is 3.15. The number of nitriles is 1. The average Bonchev–Trinajstić information content (AvgIpc) is 2.26. The van der Waals surface area contributed by atoms with Crippen LogP contribution in [0.3, 0.4) is 0 Å². The normalized spacial score (nSPS) is 11.3. The Hall–Kier alpha value is -1.57. The average molecular weight is 211 g/mol. The number of amides is 2. The van der Waals surface area contributed by atoms with E-state index in [-0.39, 0.29) is 18.2 Å². The van der Waals surface area contributed by atoms with Crippen molar-refractivity contribution >= 4 is 11.8 Å². The Morgan fingerprint density at radius 3 is 2.53 bits per heavy atom. The summed E-state index contributed by atoms with van der Waals surface area (Å²) in [5.74, 6) is -0.928. The fourth-order valence-electron chi connectivity index (χ4n) is 1.09. The lowest BCUT2D eigenvalue weighted by Crippen LogP contribution is -2.35. The van der Waals surface area contributed by atoms with Crippen LogP contribution in [0.25, 0.3) is 0 Å². The maximum atomic E-state index is 11.6. The molecule has 0 saturated carbocycles. The quantitative estimate of drug-likeness (QED) is 0.702. The van der Waals surface area contributed by atoms with Crippen LogP contribution in [0.1, 0.15) is 19.8 Å². The first-order valence-electron chi connectivity index (χ1n) is 4.92. The largest absolute Gasteiger partial charge is 0.359 e. The number of nitrogens with zero attached hydrogens (tertiary/aromatic N) is 2. The molecule has 0 heterocycles. The molecule has 0 radical (unpaired) electrons. The zero-order chi connectivity index (χ0) is 11.8. The van der Waals surface area contributed by atoms with E-state index in [9.17, 15) is 9.59 Å². The molecule has 0 rings (SSSR count). The molecular formula is C10H17N3O2. The Bertz CT molecular complexity index is 270. The van der Waals surface area contributed by atoms with Gasteiger partial charge in [-0.2, -0.15) is 5.26 Å². The first-order chi connectivity index (χ1) is 7.06. The van der Waals surface area contributed by atoms with E-state index in [2.05, 4.69) is 5.32 Å². The van der Waals surface area contributed by atoms with Gasteiger partial charge in [-0.05, 0) is 6.42 Å². The summed E-state index contributed by atoms with van der Waals surface area (Å²) >= 11 is 0. The number of carbonyl (C=O) groups excluding carboxylic acids is 2. The van der Waals surface area contributed by atoms with E-state index in [4.69, 9.17) is 5.26 Å². The Balaban J connectivity index is 4.10. The Kier molecular flexibility index (Phi) is 6.11. The van der Waals surface area contributed by atoms with Crippen molar-refractivity contribution in [1.82, 2.24) is 10.2 Å². The molecule has 5 heteroatoms. The van der Waals surface area contributed by atoms with Crippen LogP contribution in [0.4, 0.5) is 0 Å². The molecule has 0 aromatic carbocycles. The molecule has 0 aliphatic heterocycles. The predicted octanol–water partition coefficient (Wildman–Crippen LogP) is 0.131. The predicted molar refractivity (Wildman–Crippen MR) is 55.7 cm³/mol. The van der Waals surface area contributed by atoms with E-state index in [1.165, 1.54) is 4.90 Å². The molecule has 2 amide bonds. The second-order valence-corrected chi connectivity index (χ2v) is 3.27. The molecule has 0 aliphatic carbocycles. The zero-order valence-electron chi connectivity index (χ0n) is 9.41. The maximum absolute atomic E-state index is 11.6. The SMILES string of the molecule is CCC(C#N)C(=O)N(C)CCC(=O)NC. The van der Waals surface area contributed by atoms with E-state index in [1.807, 2.05) is 6.07 Å². The third-order valence-electron chi connectivity index (χ3n) is 2.19. The summed E-state index contributed by atoms with van der Waals surface area (Å²) in [5, 5.41) is 11.2. The molecular weight excluding hydrogens is 194 g/mol. The van der Waals surface area contributed by atoms with E-state index in [0.717, 1.165) is 0 Å². The minimum absolute atomic E-state index is 0.111. The summed E-state index contributed by atoms with van der Waals surface area (Å²) in [6.07, 6.45) is 0.764. The molecule has 15 heavy (non-hydrogen) atoms. The number of nitrogens with one attached hydrogen (secondary N) is 1. The van der Waals surface area contributed by atoms with Crippen LogP contribution in [0.2, 0.25) is 0 Å². The highest BCUT2D eigenvalue weighted by atomic mass is 16.2. The van der Waals surface area contributed by atoms with Gasteiger partial charge in [-0.15, -0.1) is 0 Å². The van der Waals surface area contributed by atoms with Gasteiger partial charge in [-0.3, -0.25) is 9.59 Å². The van der Waals surface area contributed by atoms with Gasteiger partial charge in [0.25, 0.3) is 0 Å². The zero-order valence-corrected chi connectivity index (χ0v) is 9.41. The Labute approximate surface area is 90.0 Å². The van der Waals surface area contributed by atoms with Crippen LogP contribution in [0, 0.1) is 17.2 Å². The number of hydrogen-bond acceptors (Lipinski definition) is 3. The molecule has 0 bridgehead atoms. The molecule has 0 aliphatic rings. The van der Waals surface area contributed by atoms with Crippen LogP contribution >= 0.6 is 0 Å². The van der Waals surface area contributed by atoms with Gasteiger partial charge in [0.05, 0.1) is 6.07 Å². The Morgan fingerprint density at radius 1 is 1.53 bits per heavy atom. The van der Waals surface area contributed by atoms with E-state index in [1.54, 1.807) is 21.0 Å². The van der Waals surface area contributed by atoms with Gasteiger partial charge >= 0.3 is 0 Å². The molecule has 0 fully saturated rings. The third-order valence-corrected chi connectivity index (χ3v) is 2.19. The van der Waals surface area contributed by atoms with Crippen molar-refractivity contribution < 1.29 is 9.59 Å². The highest BCUT2D eigenvalue weighted by molar-refractivity contribution is 5.82. The van der Waals surface area contributed by atoms with Crippen LogP contribution in [0.5, 0.6) is 0 Å². The highest BCUT2D eigenvalue weighted by Gasteiger charge is 2.19. The van der Waals surface area contributed by atoms with Crippen molar-refractivity contribution in [2.45, 2.75) is 19.8 Å². The lowest BCUT2D eigenvalue weighted by Gasteiger charge is -2.18. The van der Waals surface area contributed by atoms with Gasteiger partial charge in [-0.1, -0.05) is 6.92 Å². The molecule has 1 atom stereocenters. The maximum Gasteiger partial charge on any atom is 0.239 e. The first-order valence-corrected chi connectivity index (χ1v) is 4.92. The summed E-state index contributed by atoms with van der Waals surface area (Å²) in [4.78, 5) is 23.9. The lowest BCUT2D eigenvalue weighted by molar-refractivity contribution is -0.133. The Morgan fingerprint density at radius 2 is 2.13 bits per heavy atom. The molecule has 0 aromatic heterocycles. The summed E-state index contributed by atoms with van der Waals surface area (Å²) in [6, 6.07) is 1.94. The molecule has 84 valence electrons. The van der Waals surface area contributed by atoms with Crippen LogP contribution in [-0.4, -0.2) is 37.4 Å². The van der Waals surface area contributed by atoms with Gasteiger partial charge in [0, 0.05) is 27.1 Å². The smallest absolute Gasteiger partial charge is 0.239 e.